The van der Waals surface area contributed by atoms with E-state index in [2.05, 4.69) is 15.9 Å². The summed E-state index contributed by atoms with van der Waals surface area (Å²) in [5, 5.41) is 0. The van der Waals surface area contributed by atoms with E-state index in [0.29, 0.717) is 18.5 Å². The third-order valence-corrected chi connectivity index (χ3v) is 3.67. The van der Waals surface area contributed by atoms with Crippen LogP contribution in [0.2, 0.25) is 0 Å². The second kappa shape index (κ2) is 5.24. The van der Waals surface area contributed by atoms with Crippen LogP contribution in [0.25, 0.3) is 0 Å². The highest BCUT2D eigenvalue weighted by atomic mass is 79.9. The minimum atomic E-state index is -0.470. The maximum Gasteiger partial charge on any atom is 0.128 e. The SMILES string of the molecule is CC(CN)(Cc1ccco1)c1ccc(Br)cc1F. The molecular formula is C14H15BrFNO. The van der Waals surface area contributed by atoms with Crippen molar-refractivity contribution in [1.29, 1.82) is 0 Å². The van der Waals surface area contributed by atoms with Crippen molar-refractivity contribution in [3.8, 4) is 0 Å². The van der Waals surface area contributed by atoms with Crippen molar-refractivity contribution < 1.29 is 8.81 Å². The van der Waals surface area contributed by atoms with E-state index in [1.807, 2.05) is 25.1 Å². The summed E-state index contributed by atoms with van der Waals surface area (Å²) in [7, 11) is 0. The van der Waals surface area contributed by atoms with Crippen LogP contribution in [0.5, 0.6) is 0 Å². The molecule has 0 bridgehead atoms. The maximum atomic E-state index is 14.0. The molecule has 4 heteroatoms. The molecule has 2 N–H and O–H groups in total. The van der Waals surface area contributed by atoms with E-state index >= 15 is 0 Å². The summed E-state index contributed by atoms with van der Waals surface area (Å²) >= 11 is 3.26. The van der Waals surface area contributed by atoms with Crippen LogP contribution in [0.15, 0.2) is 45.5 Å². The Balaban J connectivity index is 2.36. The lowest BCUT2D eigenvalue weighted by Gasteiger charge is -2.28. The first-order valence-electron chi connectivity index (χ1n) is 5.73. The van der Waals surface area contributed by atoms with E-state index in [4.69, 9.17) is 10.2 Å². The number of rotatable bonds is 4. The van der Waals surface area contributed by atoms with Gasteiger partial charge in [0, 0.05) is 22.9 Å². The Labute approximate surface area is 114 Å². The molecule has 96 valence electrons. The van der Waals surface area contributed by atoms with Crippen LogP contribution >= 0.6 is 15.9 Å². The van der Waals surface area contributed by atoms with Gasteiger partial charge >= 0.3 is 0 Å². The zero-order chi connectivity index (χ0) is 13.2. The molecule has 0 amide bonds. The molecule has 0 spiro atoms. The zero-order valence-electron chi connectivity index (χ0n) is 10.1. The number of benzene rings is 1. The normalized spacial score (nSPS) is 14.4. The van der Waals surface area contributed by atoms with Crippen LogP contribution in [-0.2, 0) is 11.8 Å². The molecule has 0 saturated carbocycles. The molecule has 1 aromatic heterocycles. The van der Waals surface area contributed by atoms with Crippen LogP contribution in [0.1, 0.15) is 18.2 Å². The van der Waals surface area contributed by atoms with Crippen LogP contribution in [0.3, 0.4) is 0 Å². The third kappa shape index (κ3) is 2.65. The van der Waals surface area contributed by atoms with Gasteiger partial charge in [-0.3, -0.25) is 0 Å². The van der Waals surface area contributed by atoms with Crippen molar-refractivity contribution in [3.05, 3.63) is 58.2 Å². The second-order valence-electron chi connectivity index (χ2n) is 4.65. The average Bonchev–Trinajstić information content (AvgIpc) is 2.81. The summed E-state index contributed by atoms with van der Waals surface area (Å²) in [6.07, 6.45) is 2.19. The predicted octanol–water partition coefficient (Wildman–Crippen LogP) is 3.64. The van der Waals surface area contributed by atoms with E-state index in [9.17, 15) is 4.39 Å². The Morgan fingerprint density at radius 2 is 2.17 bits per heavy atom. The van der Waals surface area contributed by atoms with Gasteiger partial charge in [-0.2, -0.15) is 0 Å². The molecule has 0 fully saturated rings. The lowest BCUT2D eigenvalue weighted by atomic mass is 9.78. The number of halogens is 2. The van der Waals surface area contributed by atoms with Crippen LogP contribution in [0, 0.1) is 5.82 Å². The fourth-order valence-electron chi connectivity index (χ4n) is 2.05. The minimum Gasteiger partial charge on any atom is -0.469 e. The molecule has 18 heavy (non-hydrogen) atoms. The van der Waals surface area contributed by atoms with E-state index in [0.717, 1.165) is 10.2 Å². The number of furan rings is 1. The maximum absolute atomic E-state index is 14.0. The Bertz CT molecular complexity index is 527. The summed E-state index contributed by atoms with van der Waals surface area (Å²) in [6, 6.07) is 8.77. The summed E-state index contributed by atoms with van der Waals surface area (Å²) in [5.74, 6) is 0.564. The van der Waals surface area contributed by atoms with Gasteiger partial charge in [0.05, 0.1) is 6.26 Å². The van der Waals surface area contributed by atoms with E-state index in [1.54, 1.807) is 12.3 Å². The van der Waals surface area contributed by atoms with Gasteiger partial charge < -0.3 is 10.2 Å². The van der Waals surface area contributed by atoms with Crippen molar-refractivity contribution in [2.45, 2.75) is 18.8 Å². The third-order valence-electron chi connectivity index (χ3n) is 3.18. The molecule has 2 nitrogen and oxygen atoms in total. The van der Waals surface area contributed by atoms with Crippen LogP contribution in [0.4, 0.5) is 4.39 Å². The second-order valence-corrected chi connectivity index (χ2v) is 5.56. The van der Waals surface area contributed by atoms with Crippen LogP contribution in [-0.4, -0.2) is 6.54 Å². The first kappa shape index (κ1) is 13.3. The molecule has 1 atom stereocenters. The molecule has 0 aliphatic rings. The van der Waals surface area contributed by atoms with Crippen molar-refractivity contribution in [2.75, 3.05) is 6.54 Å². The Morgan fingerprint density at radius 1 is 1.39 bits per heavy atom. The number of hydrogen-bond donors (Lipinski definition) is 1. The van der Waals surface area contributed by atoms with Crippen molar-refractivity contribution >= 4 is 15.9 Å². The van der Waals surface area contributed by atoms with E-state index in [1.165, 1.54) is 6.07 Å². The quantitative estimate of drug-likeness (QED) is 0.936. The van der Waals surface area contributed by atoms with E-state index in [-0.39, 0.29) is 5.82 Å². The van der Waals surface area contributed by atoms with Crippen molar-refractivity contribution in [3.63, 3.8) is 0 Å². The summed E-state index contributed by atoms with van der Waals surface area (Å²) in [6.45, 7) is 2.30. The molecule has 1 unspecified atom stereocenters. The van der Waals surface area contributed by atoms with Gasteiger partial charge in [0.25, 0.3) is 0 Å². The predicted molar refractivity (Wildman–Crippen MR) is 72.9 cm³/mol. The standard InChI is InChI=1S/C14H15BrFNO/c1-14(9-17,8-11-3-2-6-18-11)12-5-4-10(15)7-13(12)16/h2-7H,8-9,17H2,1H3. The first-order valence-corrected chi connectivity index (χ1v) is 6.52. The molecule has 2 aromatic rings. The average molecular weight is 312 g/mol. The smallest absolute Gasteiger partial charge is 0.128 e. The Kier molecular flexibility index (Phi) is 3.88. The Morgan fingerprint density at radius 3 is 2.72 bits per heavy atom. The largest absolute Gasteiger partial charge is 0.469 e. The topological polar surface area (TPSA) is 39.2 Å². The van der Waals surface area contributed by atoms with Crippen molar-refractivity contribution in [1.82, 2.24) is 0 Å². The molecule has 1 aromatic carbocycles. The minimum absolute atomic E-state index is 0.246. The van der Waals surface area contributed by atoms with E-state index < -0.39 is 5.41 Å². The summed E-state index contributed by atoms with van der Waals surface area (Å²) in [5.41, 5.74) is 5.99. The number of nitrogens with two attached hydrogens (primary N) is 1. The molecule has 1 heterocycles. The first-order chi connectivity index (χ1) is 8.55. The molecular weight excluding hydrogens is 297 g/mol. The zero-order valence-corrected chi connectivity index (χ0v) is 11.7. The van der Waals surface area contributed by atoms with Gasteiger partial charge in [0.15, 0.2) is 0 Å². The van der Waals surface area contributed by atoms with Crippen LogP contribution < -0.4 is 5.73 Å². The van der Waals surface area contributed by atoms with Gasteiger partial charge in [-0.1, -0.05) is 28.9 Å². The lowest BCUT2D eigenvalue weighted by Crippen LogP contribution is -2.35. The van der Waals surface area contributed by atoms with Gasteiger partial charge in [-0.05, 0) is 29.8 Å². The molecule has 0 radical (unpaired) electrons. The monoisotopic (exact) mass is 311 g/mol. The number of hydrogen-bond acceptors (Lipinski definition) is 2. The molecule has 0 aliphatic carbocycles. The van der Waals surface area contributed by atoms with Gasteiger partial charge in [-0.15, -0.1) is 0 Å². The summed E-state index contributed by atoms with van der Waals surface area (Å²) in [4.78, 5) is 0. The molecule has 2 rings (SSSR count). The fraction of sp³-hybridized carbons (Fsp3) is 0.286. The molecule has 0 saturated heterocycles. The molecule has 0 aliphatic heterocycles. The van der Waals surface area contributed by atoms with Gasteiger partial charge in [-0.25, -0.2) is 4.39 Å². The van der Waals surface area contributed by atoms with Crippen molar-refractivity contribution in [2.24, 2.45) is 5.73 Å². The van der Waals surface area contributed by atoms with Gasteiger partial charge in [0.2, 0.25) is 0 Å². The highest BCUT2D eigenvalue weighted by molar-refractivity contribution is 9.10. The fourth-order valence-corrected chi connectivity index (χ4v) is 2.39. The highest BCUT2D eigenvalue weighted by Crippen LogP contribution is 2.30. The summed E-state index contributed by atoms with van der Waals surface area (Å²) < 4.78 is 20.1. The highest BCUT2D eigenvalue weighted by Gasteiger charge is 2.29. The lowest BCUT2D eigenvalue weighted by molar-refractivity contribution is 0.398. The van der Waals surface area contributed by atoms with Gasteiger partial charge in [0.1, 0.15) is 11.6 Å². The Hall–Kier alpha value is -1.13.